The number of hydrogen-bond donors (Lipinski definition) is 0. The van der Waals surface area contributed by atoms with Crippen molar-refractivity contribution in [2.45, 2.75) is 112 Å². The normalized spacial score (nSPS) is 46.8. The van der Waals surface area contributed by atoms with E-state index in [1.807, 2.05) is 0 Å². The molecule has 0 radical (unpaired) electrons. The molecular weight excluding hydrogens is 340 g/mol. The molecule has 0 aromatic rings. The van der Waals surface area contributed by atoms with Crippen molar-refractivity contribution in [3.8, 4) is 0 Å². The average Bonchev–Trinajstić information content (AvgIpc) is 3.00. The Labute approximate surface area is 174 Å². The van der Waals surface area contributed by atoms with Crippen LogP contribution in [0.3, 0.4) is 0 Å². The number of ketones is 1. The fourth-order valence-electron chi connectivity index (χ4n) is 9.11. The Morgan fingerprint density at radius 2 is 1.71 bits per heavy atom. The van der Waals surface area contributed by atoms with Gasteiger partial charge in [0.15, 0.2) is 0 Å². The molecule has 0 N–H and O–H groups in total. The van der Waals surface area contributed by atoms with Crippen molar-refractivity contribution in [1.29, 1.82) is 0 Å². The molecule has 0 heterocycles. The van der Waals surface area contributed by atoms with E-state index >= 15 is 0 Å². The van der Waals surface area contributed by atoms with E-state index in [4.69, 9.17) is 0 Å². The quantitative estimate of drug-likeness (QED) is 0.473. The highest BCUT2D eigenvalue weighted by Crippen LogP contribution is 2.67. The zero-order valence-corrected chi connectivity index (χ0v) is 19.4. The Hall–Kier alpha value is -0.330. The topological polar surface area (TPSA) is 17.1 Å². The molecule has 4 fully saturated rings. The van der Waals surface area contributed by atoms with Crippen LogP contribution in [0.1, 0.15) is 112 Å². The van der Waals surface area contributed by atoms with E-state index in [9.17, 15) is 4.79 Å². The first-order valence-electron chi connectivity index (χ1n) is 12.8. The van der Waals surface area contributed by atoms with E-state index in [0.29, 0.717) is 23.0 Å². The van der Waals surface area contributed by atoms with Gasteiger partial charge in [-0.3, -0.25) is 4.79 Å². The zero-order chi connectivity index (χ0) is 20.1. The van der Waals surface area contributed by atoms with Gasteiger partial charge in [-0.1, -0.05) is 53.9 Å². The number of hydrogen-bond acceptors (Lipinski definition) is 1. The molecule has 0 aromatic heterocycles. The second kappa shape index (κ2) is 7.73. The van der Waals surface area contributed by atoms with Gasteiger partial charge in [0.1, 0.15) is 5.78 Å². The SMILES string of the molecule is CC(C)CCC[C@@H](C)[C@@H]1CC[C@@H]2[C@@H]3CC[C@H]4CCCC(=O)[C@]4(C)[C@@H]3CC[C@@]21C. The predicted octanol–water partition coefficient (Wildman–Crippen LogP) is 7.68. The summed E-state index contributed by atoms with van der Waals surface area (Å²) in [7, 11) is 0. The van der Waals surface area contributed by atoms with Crippen LogP contribution in [0, 0.1) is 52.3 Å². The van der Waals surface area contributed by atoms with Crippen LogP contribution < -0.4 is 0 Å². The molecule has 0 spiro atoms. The highest BCUT2D eigenvalue weighted by atomic mass is 16.1. The lowest BCUT2D eigenvalue weighted by molar-refractivity contribution is -0.156. The van der Waals surface area contributed by atoms with Crippen LogP contribution >= 0.6 is 0 Å². The van der Waals surface area contributed by atoms with Crippen molar-refractivity contribution < 1.29 is 4.79 Å². The van der Waals surface area contributed by atoms with Gasteiger partial charge in [0, 0.05) is 11.8 Å². The van der Waals surface area contributed by atoms with E-state index < -0.39 is 0 Å². The second-order valence-corrected chi connectivity index (χ2v) is 12.3. The summed E-state index contributed by atoms with van der Waals surface area (Å²) in [6.45, 7) is 12.4. The van der Waals surface area contributed by atoms with Crippen molar-refractivity contribution in [3.63, 3.8) is 0 Å². The van der Waals surface area contributed by atoms with Crippen LogP contribution in [0.2, 0.25) is 0 Å². The minimum atomic E-state index is 0.0312. The van der Waals surface area contributed by atoms with Gasteiger partial charge in [0.25, 0.3) is 0 Å². The molecule has 4 aliphatic carbocycles. The van der Waals surface area contributed by atoms with E-state index in [0.717, 1.165) is 42.4 Å². The number of rotatable bonds is 5. The molecule has 1 nitrogen and oxygen atoms in total. The lowest BCUT2D eigenvalue weighted by Crippen LogP contribution is -2.56. The summed E-state index contributed by atoms with van der Waals surface area (Å²) in [5.74, 6) is 6.44. The Kier molecular flexibility index (Phi) is 5.78. The first kappa shape index (κ1) is 20.9. The smallest absolute Gasteiger partial charge is 0.139 e. The monoisotopic (exact) mass is 386 g/mol. The third kappa shape index (κ3) is 3.22. The molecule has 8 atom stereocenters. The van der Waals surface area contributed by atoms with Crippen molar-refractivity contribution in [1.82, 2.24) is 0 Å². The third-order valence-electron chi connectivity index (χ3n) is 10.7. The summed E-state index contributed by atoms with van der Waals surface area (Å²) in [5, 5.41) is 0. The first-order chi connectivity index (χ1) is 13.3. The fraction of sp³-hybridized carbons (Fsp3) is 0.963. The Bertz CT molecular complexity index is 579. The molecular formula is C27H46O. The minimum Gasteiger partial charge on any atom is -0.299 e. The number of fused-ring (bicyclic) bond motifs is 5. The minimum absolute atomic E-state index is 0.0312. The van der Waals surface area contributed by atoms with Crippen LogP contribution in [0.25, 0.3) is 0 Å². The molecule has 0 aliphatic heterocycles. The molecule has 4 rings (SSSR count). The summed E-state index contributed by atoms with van der Waals surface area (Å²) >= 11 is 0. The number of Topliss-reactive ketones (excluding diaryl/α,β-unsaturated/α-hetero) is 1. The summed E-state index contributed by atoms with van der Waals surface area (Å²) in [4.78, 5) is 13.1. The van der Waals surface area contributed by atoms with Crippen molar-refractivity contribution in [2.75, 3.05) is 0 Å². The first-order valence-corrected chi connectivity index (χ1v) is 12.8. The third-order valence-corrected chi connectivity index (χ3v) is 10.7. The zero-order valence-electron chi connectivity index (χ0n) is 19.4. The Morgan fingerprint density at radius 3 is 2.46 bits per heavy atom. The van der Waals surface area contributed by atoms with Gasteiger partial charge in [-0.15, -0.1) is 0 Å². The summed E-state index contributed by atoms with van der Waals surface area (Å²) in [5.41, 5.74) is 0.586. The molecule has 0 bridgehead atoms. The van der Waals surface area contributed by atoms with Crippen LogP contribution in [-0.2, 0) is 4.79 Å². The average molecular weight is 387 g/mol. The lowest BCUT2D eigenvalue weighted by atomic mass is 9.44. The molecule has 1 heteroatoms. The fourth-order valence-corrected chi connectivity index (χ4v) is 9.11. The highest BCUT2D eigenvalue weighted by Gasteiger charge is 2.62. The number of carbonyl (C=O) groups excluding carboxylic acids is 1. The molecule has 0 saturated heterocycles. The lowest BCUT2D eigenvalue weighted by Gasteiger charge is -2.60. The maximum atomic E-state index is 13.1. The van der Waals surface area contributed by atoms with Gasteiger partial charge in [0.2, 0.25) is 0 Å². The molecule has 160 valence electrons. The van der Waals surface area contributed by atoms with Gasteiger partial charge >= 0.3 is 0 Å². The van der Waals surface area contributed by atoms with Gasteiger partial charge in [-0.05, 0) is 98.2 Å². The van der Waals surface area contributed by atoms with Crippen molar-refractivity contribution in [3.05, 3.63) is 0 Å². The Balaban J connectivity index is 1.49. The van der Waals surface area contributed by atoms with Gasteiger partial charge < -0.3 is 0 Å². The number of carbonyl (C=O) groups is 1. The van der Waals surface area contributed by atoms with Gasteiger partial charge in [0.05, 0.1) is 0 Å². The van der Waals surface area contributed by atoms with E-state index in [1.165, 1.54) is 64.2 Å². The maximum absolute atomic E-state index is 13.1. The van der Waals surface area contributed by atoms with Crippen LogP contribution in [0.5, 0.6) is 0 Å². The van der Waals surface area contributed by atoms with E-state index in [-0.39, 0.29) is 5.41 Å². The van der Waals surface area contributed by atoms with Crippen LogP contribution in [-0.4, -0.2) is 5.78 Å². The largest absolute Gasteiger partial charge is 0.299 e. The summed E-state index contributed by atoms with van der Waals surface area (Å²) in [6.07, 6.45) is 16.0. The van der Waals surface area contributed by atoms with Gasteiger partial charge in [-0.2, -0.15) is 0 Å². The summed E-state index contributed by atoms with van der Waals surface area (Å²) < 4.78 is 0. The van der Waals surface area contributed by atoms with Crippen molar-refractivity contribution in [2.24, 2.45) is 52.3 Å². The second-order valence-electron chi connectivity index (χ2n) is 12.3. The standard InChI is InChI=1S/C27H46O/c1-18(2)8-6-9-19(3)22-14-15-23-21-13-12-20-10-7-11-25(28)27(20,5)24(21)16-17-26(22,23)4/h18-24H,6-17H2,1-5H3/t19-,20-,21+,22+,23-,24-,26-,27+/m1/s1. The maximum Gasteiger partial charge on any atom is 0.139 e. The molecule has 0 amide bonds. The highest BCUT2D eigenvalue weighted by molar-refractivity contribution is 5.86. The van der Waals surface area contributed by atoms with Crippen LogP contribution in [0.15, 0.2) is 0 Å². The molecule has 0 aromatic carbocycles. The van der Waals surface area contributed by atoms with E-state index in [1.54, 1.807) is 0 Å². The predicted molar refractivity (Wildman–Crippen MR) is 118 cm³/mol. The van der Waals surface area contributed by atoms with Crippen LogP contribution in [0.4, 0.5) is 0 Å². The Morgan fingerprint density at radius 1 is 0.929 bits per heavy atom. The molecule has 4 aliphatic rings. The summed E-state index contributed by atoms with van der Waals surface area (Å²) in [6, 6.07) is 0. The molecule has 0 unspecified atom stereocenters. The van der Waals surface area contributed by atoms with Crippen molar-refractivity contribution >= 4 is 5.78 Å². The van der Waals surface area contributed by atoms with E-state index in [2.05, 4.69) is 34.6 Å². The molecule has 4 saturated carbocycles. The molecule has 28 heavy (non-hydrogen) atoms. The van der Waals surface area contributed by atoms with Gasteiger partial charge in [-0.25, -0.2) is 0 Å².